The Labute approximate surface area is 132 Å². The van der Waals surface area contributed by atoms with Gasteiger partial charge in [0.15, 0.2) is 0 Å². The third-order valence-electron chi connectivity index (χ3n) is 3.67. The first-order chi connectivity index (χ1) is 10.8. The van der Waals surface area contributed by atoms with Crippen LogP contribution in [0.2, 0.25) is 0 Å². The van der Waals surface area contributed by atoms with Crippen LogP contribution in [0, 0.1) is 0 Å². The largest absolute Gasteiger partial charge is 0.334 e. The zero-order valence-electron chi connectivity index (χ0n) is 12.4. The summed E-state index contributed by atoms with van der Waals surface area (Å²) in [6.07, 6.45) is 1.65. The second-order valence-electron chi connectivity index (χ2n) is 5.46. The number of hydrogen-bond donors (Lipinski definition) is 3. The topological polar surface area (TPSA) is 115 Å². The predicted molar refractivity (Wildman–Crippen MR) is 84.8 cm³/mol. The van der Waals surface area contributed by atoms with E-state index in [1.54, 1.807) is 17.0 Å². The second-order valence-corrected chi connectivity index (χ2v) is 7.21. The number of benzene rings is 1. The predicted octanol–water partition coefficient (Wildman–Crippen LogP) is 0.273. The molecule has 8 nitrogen and oxygen atoms in total. The van der Waals surface area contributed by atoms with E-state index in [9.17, 15) is 18.0 Å². The maximum atomic E-state index is 12.5. The van der Waals surface area contributed by atoms with Gasteiger partial charge in [-0.2, -0.15) is 0 Å². The Balaban J connectivity index is 1.76. The molecular weight excluding hydrogens is 320 g/mol. The number of nitrogens with zero attached hydrogens (tertiary/aromatic N) is 1. The summed E-state index contributed by atoms with van der Waals surface area (Å²) >= 11 is 0. The standard InChI is InChI=1S/C14H16N4O4S/c1-23(21,22)17-10-4-2-9(3-5-10)14(20)18-7-6-12-11(8-18)13(19)16-15-12/h2-5,17H,6-8H2,1H3,(H2,15,16,19). The highest BCUT2D eigenvalue weighted by atomic mass is 32.2. The average Bonchev–Trinajstić information content (AvgIpc) is 2.87. The van der Waals surface area contributed by atoms with Gasteiger partial charge in [0.2, 0.25) is 10.0 Å². The second kappa shape index (κ2) is 5.58. The number of aromatic nitrogens is 2. The molecule has 0 unspecified atom stereocenters. The zero-order chi connectivity index (χ0) is 16.6. The molecule has 9 heteroatoms. The number of H-pyrrole nitrogens is 2. The van der Waals surface area contributed by atoms with E-state index in [1.807, 2.05) is 0 Å². The lowest BCUT2D eigenvalue weighted by Gasteiger charge is -2.26. The fourth-order valence-electron chi connectivity index (χ4n) is 2.57. The molecule has 23 heavy (non-hydrogen) atoms. The smallest absolute Gasteiger partial charge is 0.269 e. The van der Waals surface area contributed by atoms with E-state index in [0.29, 0.717) is 29.8 Å². The molecule has 0 fully saturated rings. The van der Waals surface area contributed by atoms with E-state index >= 15 is 0 Å². The Bertz CT molecular complexity index is 896. The summed E-state index contributed by atoms with van der Waals surface area (Å²) < 4.78 is 24.7. The number of carbonyl (C=O) groups excluding carboxylic acids is 1. The summed E-state index contributed by atoms with van der Waals surface area (Å²) in [5.41, 5.74) is 2.06. The highest BCUT2D eigenvalue weighted by Gasteiger charge is 2.24. The molecule has 1 aliphatic rings. The molecule has 0 bridgehead atoms. The number of rotatable bonds is 3. The van der Waals surface area contributed by atoms with Gasteiger partial charge in [-0.3, -0.25) is 19.4 Å². The monoisotopic (exact) mass is 336 g/mol. The summed E-state index contributed by atoms with van der Waals surface area (Å²) in [5, 5.41) is 5.34. The van der Waals surface area contributed by atoms with Crippen LogP contribution in [0.4, 0.5) is 5.69 Å². The molecular formula is C14H16N4O4S. The molecule has 1 aliphatic heterocycles. The van der Waals surface area contributed by atoms with Gasteiger partial charge in [0.25, 0.3) is 11.5 Å². The van der Waals surface area contributed by atoms with E-state index in [2.05, 4.69) is 14.9 Å². The summed E-state index contributed by atoms with van der Waals surface area (Å²) in [6, 6.07) is 6.19. The van der Waals surface area contributed by atoms with Crippen molar-refractivity contribution in [2.24, 2.45) is 0 Å². The maximum Gasteiger partial charge on any atom is 0.269 e. The van der Waals surface area contributed by atoms with Gasteiger partial charge in [0.1, 0.15) is 0 Å². The Hall–Kier alpha value is -2.55. The minimum atomic E-state index is -3.35. The lowest BCUT2D eigenvalue weighted by atomic mass is 10.1. The first-order valence-corrected chi connectivity index (χ1v) is 8.88. The molecule has 0 atom stereocenters. The summed E-state index contributed by atoms with van der Waals surface area (Å²) in [4.78, 5) is 25.8. The molecule has 122 valence electrons. The van der Waals surface area contributed by atoms with Crippen LogP contribution in [0.5, 0.6) is 0 Å². The fraction of sp³-hybridized carbons (Fsp3) is 0.286. The Morgan fingerprint density at radius 2 is 1.91 bits per heavy atom. The number of aromatic amines is 2. The molecule has 1 amide bonds. The van der Waals surface area contributed by atoms with E-state index < -0.39 is 10.0 Å². The molecule has 0 saturated heterocycles. The van der Waals surface area contributed by atoms with E-state index in [-0.39, 0.29) is 18.0 Å². The van der Waals surface area contributed by atoms with Crippen LogP contribution < -0.4 is 10.3 Å². The van der Waals surface area contributed by atoms with Crippen LogP contribution in [0.3, 0.4) is 0 Å². The average molecular weight is 336 g/mol. The van der Waals surface area contributed by atoms with Gasteiger partial charge in [-0.25, -0.2) is 8.42 Å². The van der Waals surface area contributed by atoms with Gasteiger partial charge < -0.3 is 10.00 Å². The Morgan fingerprint density at radius 1 is 1.22 bits per heavy atom. The van der Waals surface area contributed by atoms with Crippen molar-refractivity contribution in [1.29, 1.82) is 0 Å². The van der Waals surface area contributed by atoms with Gasteiger partial charge in [-0.15, -0.1) is 0 Å². The third-order valence-corrected chi connectivity index (χ3v) is 4.27. The van der Waals surface area contributed by atoms with E-state index in [0.717, 1.165) is 11.9 Å². The molecule has 0 radical (unpaired) electrons. The molecule has 2 aromatic rings. The Morgan fingerprint density at radius 3 is 2.57 bits per heavy atom. The van der Waals surface area contributed by atoms with Gasteiger partial charge >= 0.3 is 0 Å². The number of hydrogen-bond acceptors (Lipinski definition) is 4. The zero-order valence-corrected chi connectivity index (χ0v) is 13.2. The lowest BCUT2D eigenvalue weighted by molar-refractivity contribution is 0.0734. The van der Waals surface area contributed by atoms with E-state index in [1.165, 1.54) is 12.1 Å². The van der Waals surface area contributed by atoms with Crippen LogP contribution in [0.25, 0.3) is 0 Å². The SMILES string of the molecule is CS(=O)(=O)Nc1ccc(C(=O)N2CCc3[nH][nH]c(=O)c3C2)cc1. The third kappa shape index (κ3) is 3.29. The first kappa shape index (κ1) is 15.3. The number of nitrogens with one attached hydrogen (secondary N) is 3. The highest BCUT2D eigenvalue weighted by Crippen LogP contribution is 2.17. The normalized spacial score (nSPS) is 14.4. The van der Waals surface area contributed by atoms with Crippen molar-refractivity contribution in [1.82, 2.24) is 15.1 Å². The highest BCUT2D eigenvalue weighted by molar-refractivity contribution is 7.92. The quantitative estimate of drug-likeness (QED) is 0.746. The first-order valence-electron chi connectivity index (χ1n) is 6.99. The van der Waals surface area contributed by atoms with Gasteiger partial charge in [0, 0.05) is 29.9 Å². The van der Waals surface area contributed by atoms with Crippen molar-refractivity contribution in [3.05, 3.63) is 51.4 Å². The molecule has 2 heterocycles. The van der Waals surface area contributed by atoms with Crippen molar-refractivity contribution < 1.29 is 13.2 Å². The van der Waals surface area contributed by atoms with Crippen molar-refractivity contribution >= 4 is 21.6 Å². The van der Waals surface area contributed by atoms with Crippen molar-refractivity contribution in [2.75, 3.05) is 17.5 Å². The van der Waals surface area contributed by atoms with Crippen molar-refractivity contribution in [3.8, 4) is 0 Å². The van der Waals surface area contributed by atoms with Crippen LogP contribution in [-0.2, 0) is 23.0 Å². The molecule has 0 saturated carbocycles. The minimum Gasteiger partial charge on any atom is -0.334 e. The molecule has 1 aromatic heterocycles. The summed E-state index contributed by atoms with van der Waals surface area (Å²) in [7, 11) is -3.35. The van der Waals surface area contributed by atoms with Gasteiger partial charge in [0.05, 0.1) is 18.4 Å². The number of fused-ring (bicyclic) bond motifs is 1. The molecule has 0 spiro atoms. The lowest BCUT2D eigenvalue weighted by Crippen LogP contribution is -2.37. The summed E-state index contributed by atoms with van der Waals surface area (Å²) in [5.74, 6) is -0.192. The summed E-state index contributed by atoms with van der Waals surface area (Å²) in [6.45, 7) is 0.777. The van der Waals surface area contributed by atoms with Gasteiger partial charge in [-0.05, 0) is 24.3 Å². The number of amides is 1. The number of sulfonamides is 1. The maximum absolute atomic E-state index is 12.5. The van der Waals surface area contributed by atoms with Gasteiger partial charge in [-0.1, -0.05) is 0 Å². The van der Waals surface area contributed by atoms with Crippen LogP contribution >= 0.6 is 0 Å². The fourth-order valence-corrected chi connectivity index (χ4v) is 3.13. The van der Waals surface area contributed by atoms with Crippen LogP contribution in [0.15, 0.2) is 29.1 Å². The number of carbonyl (C=O) groups is 1. The molecule has 1 aromatic carbocycles. The van der Waals surface area contributed by atoms with Crippen molar-refractivity contribution in [2.45, 2.75) is 13.0 Å². The molecule has 3 rings (SSSR count). The van der Waals surface area contributed by atoms with Crippen LogP contribution in [0.1, 0.15) is 21.6 Å². The molecule has 3 N–H and O–H groups in total. The number of anilines is 1. The van der Waals surface area contributed by atoms with Crippen LogP contribution in [-0.4, -0.2) is 42.2 Å². The van der Waals surface area contributed by atoms with Crippen molar-refractivity contribution in [3.63, 3.8) is 0 Å². The van der Waals surface area contributed by atoms with E-state index in [4.69, 9.17) is 0 Å². The molecule has 0 aliphatic carbocycles. The minimum absolute atomic E-state index is 0.192. The Kier molecular flexibility index (Phi) is 3.72.